The van der Waals surface area contributed by atoms with Crippen molar-refractivity contribution in [1.29, 1.82) is 0 Å². The zero-order valence-electron chi connectivity index (χ0n) is 24.2. The summed E-state index contributed by atoms with van der Waals surface area (Å²) in [6, 6.07) is 10.2. The van der Waals surface area contributed by atoms with Gasteiger partial charge in [-0.15, -0.1) is 0 Å². The van der Waals surface area contributed by atoms with Gasteiger partial charge in [-0.1, -0.05) is 26.0 Å². The van der Waals surface area contributed by atoms with Crippen molar-refractivity contribution in [3.63, 3.8) is 0 Å². The first kappa shape index (κ1) is 30.2. The molecule has 2 atom stereocenters. The Morgan fingerprint density at radius 1 is 1.05 bits per heavy atom. The van der Waals surface area contributed by atoms with Crippen LogP contribution in [0.3, 0.4) is 0 Å². The molecule has 3 aromatic rings. The topological polar surface area (TPSA) is 117 Å². The third kappa shape index (κ3) is 7.62. The summed E-state index contributed by atoms with van der Waals surface area (Å²) in [4.78, 5) is 40.1. The number of hydrogen-bond donors (Lipinski definition) is 2. The lowest BCUT2D eigenvalue weighted by Crippen LogP contribution is -2.50. The Bertz CT molecular complexity index is 1300. The maximum absolute atomic E-state index is 14.3. The SMILES string of the molecule is COc1ccc(O)cc1C(=O)N(C(C)COc1cccc(C)c1)C(C(=O)NCC(C)C)c1cnc(N(C)C)nc1. The van der Waals surface area contributed by atoms with E-state index in [1.807, 2.05) is 59.1 Å². The number of amides is 2. The molecule has 2 amide bonds. The number of anilines is 1. The van der Waals surface area contributed by atoms with Gasteiger partial charge in [0.2, 0.25) is 11.9 Å². The number of carbonyl (C=O) groups excluding carboxylic acids is 2. The third-order valence-corrected chi connectivity index (χ3v) is 6.19. The molecule has 0 fully saturated rings. The number of phenols is 1. The molecule has 0 aliphatic carbocycles. The van der Waals surface area contributed by atoms with Crippen molar-refractivity contribution in [2.24, 2.45) is 5.92 Å². The number of aromatic nitrogens is 2. The fraction of sp³-hybridized carbons (Fsp3) is 0.400. The predicted molar refractivity (Wildman–Crippen MR) is 154 cm³/mol. The summed E-state index contributed by atoms with van der Waals surface area (Å²) >= 11 is 0. The van der Waals surface area contributed by atoms with Crippen molar-refractivity contribution in [2.75, 3.05) is 39.3 Å². The van der Waals surface area contributed by atoms with Crippen LogP contribution < -0.4 is 19.7 Å². The quantitative estimate of drug-likeness (QED) is 0.348. The summed E-state index contributed by atoms with van der Waals surface area (Å²) in [7, 11) is 5.07. The minimum atomic E-state index is -1.09. The maximum Gasteiger partial charge on any atom is 0.259 e. The number of rotatable bonds is 12. The molecule has 0 aliphatic heterocycles. The fourth-order valence-electron chi connectivity index (χ4n) is 4.12. The van der Waals surface area contributed by atoms with Gasteiger partial charge in [-0.2, -0.15) is 0 Å². The van der Waals surface area contributed by atoms with E-state index >= 15 is 0 Å². The Morgan fingerprint density at radius 3 is 2.35 bits per heavy atom. The number of hydrogen-bond acceptors (Lipinski definition) is 8. The number of phenolic OH excluding ortho intramolecular Hbond substituents is 1. The molecule has 1 heterocycles. The van der Waals surface area contributed by atoms with Gasteiger partial charge in [0.05, 0.1) is 18.7 Å². The standard InChI is InChI=1S/C30H39N5O5/c1-19(2)15-31-28(37)27(22-16-32-30(33-17-22)34(5)6)35(21(4)18-40-24-10-8-9-20(3)13-24)29(38)25-14-23(36)11-12-26(25)39-7/h8-14,16-17,19,21,27,36H,15,18H2,1-7H3,(H,31,37). The minimum absolute atomic E-state index is 0.0981. The molecule has 0 aliphatic rings. The van der Waals surface area contributed by atoms with Gasteiger partial charge in [-0.25, -0.2) is 9.97 Å². The van der Waals surface area contributed by atoms with E-state index in [4.69, 9.17) is 9.47 Å². The van der Waals surface area contributed by atoms with E-state index in [0.717, 1.165) is 5.56 Å². The normalized spacial score (nSPS) is 12.4. The van der Waals surface area contributed by atoms with Crippen LogP contribution in [0.25, 0.3) is 0 Å². The number of methoxy groups -OCH3 is 1. The second-order valence-electron chi connectivity index (χ2n) is 10.3. The highest BCUT2D eigenvalue weighted by molar-refractivity contribution is 6.00. The first-order chi connectivity index (χ1) is 19.0. The predicted octanol–water partition coefficient (Wildman–Crippen LogP) is 3.99. The smallest absolute Gasteiger partial charge is 0.259 e. The van der Waals surface area contributed by atoms with Crippen LogP contribution in [0.2, 0.25) is 0 Å². The van der Waals surface area contributed by atoms with Crippen molar-refractivity contribution in [1.82, 2.24) is 20.2 Å². The van der Waals surface area contributed by atoms with Crippen molar-refractivity contribution in [3.05, 3.63) is 71.5 Å². The first-order valence-corrected chi connectivity index (χ1v) is 13.2. The Balaban J connectivity index is 2.11. The highest BCUT2D eigenvalue weighted by Crippen LogP contribution is 2.31. The van der Waals surface area contributed by atoms with Gasteiger partial charge >= 0.3 is 0 Å². The molecule has 0 saturated carbocycles. The lowest BCUT2D eigenvalue weighted by atomic mass is 10.0. The van der Waals surface area contributed by atoms with Crippen LogP contribution in [-0.2, 0) is 4.79 Å². The highest BCUT2D eigenvalue weighted by atomic mass is 16.5. The molecule has 2 N–H and O–H groups in total. The molecule has 0 radical (unpaired) electrons. The van der Waals surface area contributed by atoms with E-state index in [9.17, 15) is 14.7 Å². The monoisotopic (exact) mass is 549 g/mol. The molecule has 3 rings (SSSR count). The van der Waals surface area contributed by atoms with Crippen LogP contribution in [0.4, 0.5) is 5.95 Å². The van der Waals surface area contributed by atoms with Crippen LogP contribution in [0.15, 0.2) is 54.9 Å². The van der Waals surface area contributed by atoms with Gasteiger partial charge in [0, 0.05) is 38.6 Å². The average Bonchev–Trinajstić information content (AvgIpc) is 2.93. The molecule has 214 valence electrons. The molecule has 10 nitrogen and oxygen atoms in total. The van der Waals surface area contributed by atoms with Crippen molar-refractivity contribution < 1.29 is 24.2 Å². The van der Waals surface area contributed by atoms with Gasteiger partial charge < -0.3 is 29.7 Å². The number of benzene rings is 2. The number of nitrogens with zero attached hydrogens (tertiary/aromatic N) is 4. The summed E-state index contributed by atoms with van der Waals surface area (Å²) in [5.41, 5.74) is 1.57. The largest absolute Gasteiger partial charge is 0.508 e. The highest BCUT2D eigenvalue weighted by Gasteiger charge is 2.37. The van der Waals surface area contributed by atoms with Crippen molar-refractivity contribution in [3.8, 4) is 17.2 Å². The number of nitrogens with one attached hydrogen (secondary N) is 1. The van der Waals surface area contributed by atoms with Crippen LogP contribution in [0.1, 0.15) is 48.3 Å². The average molecular weight is 550 g/mol. The van der Waals surface area contributed by atoms with E-state index < -0.39 is 18.0 Å². The minimum Gasteiger partial charge on any atom is -0.508 e. The molecule has 0 spiro atoms. The summed E-state index contributed by atoms with van der Waals surface area (Å²) in [5, 5.41) is 13.2. The van der Waals surface area contributed by atoms with E-state index in [-0.39, 0.29) is 35.5 Å². The molecule has 1 aromatic heterocycles. The van der Waals surface area contributed by atoms with Gasteiger partial charge in [-0.3, -0.25) is 9.59 Å². The molecular weight excluding hydrogens is 510 g/mol. The van der Waals surface area contributed by atoms with Crippen molar-refractivity contribution >= 4 is 17.8 Å². The molecule has 0 bridgehead atoms. The number of aryl methyl sites for hydroxylation is 1. The van der Waals surface area contributed by atoms with Crippen LogP contribution >= 0.6 is 0 Å². The summed E-state index contributed by atoms with van der Waals surface area (Å²) in [6.07, 6.45) is 3.10. The molecule has 10 heteroatoms. The molecule has 40 heavy (non-hydrogen) atoms. The lowest BCUT2D eigenvalue weighted by molar-refractivity contribution is -0.127. The van der Waals surface area contributed by atoms with Gasteiger partial charge in [0.25, 0.3) is 5.91 Å². The van der Waals surface area contributed by atoms with E-state index in [2.05, 4.69) is 15.3 Å². The van der Waals surface area contributed by atoms with E-state index in [0.29, 0.717) is 23.8 Å². The third-order valence-electron chi connectivity index (χ3n) is 6.19. The molecule has 0 saturated heterocycles. The fourth-order valence-corrected chi connectivity index (χ4v) is 4.12. The van der Waals surface area contributed by atoms with Crippen LogP contribution in [0.5, 0.6) is 17.2 Å². The summed E-state index contributed by atoms with van der Waals surface area (Å²) in [5.74, 6) is 0.558. The van der Waals surface area contributed by atoms with Gasteiger partial charge in [0.15, 0.2) is 0 Å². The molecule has 2 unspecified atom stereocenters. The van der Waals surface area contributed by atoms with E-state index in [1.54, 1.807) is 24.2 Å². The summed E-state index contributed by atoms with van der Waals surface area (Å²) < 4.78 is 11.5. The zero-order valence-corrected chi connectivity index (χ0v) is 24.2. The second kappa shape index (κ2) is 13.6. The number of aromatic hydroxyl groups is 1. The maximum atomic E-state index is 14.3. The summed E-state index contributed by atoms with van der Waals surface area (Å²) in [6.45, 7) is 8.26. The first-order valence-electron chi connectivity index (χ1n) is 13.2. The molecular formula is C30H39N5O5. The Morgan fingerprint density at radius 2 is 1.75 bits per heavy atom. The Kier molecular flexibility index (Phi) is 10.3. The van der Waals surface area contributed by atoms with Gasteiger partial charge in [0.1, 0.15) is 29.9 Å². The van der Waals surface area contributed by atoms with Crippen molar-refractivity contribution in [2.45, 2.75) is 39.8 Å². The Hall–Kier alpha value is -4.34. The lowest BCUT2D eigenvalue weighted by Gasteiger charge is -2.36. The Labute approximate surface area is 236 Å². The van der Waals surface area contributed by atoms with E-state index in [1.165, 1.54) is 30.2 Å². The number of ether oxygens (including phenoxy) is 2. The zero-order chi connectivity index (χ0) is 29.4. The second-order valence-corrected chi connectivity index (χ2v) is 10.3. The van der Waals surface area contributed by atoms with Gasteiger partial charge in [-0.05, 0) is 55.7 Å². The number of carbonyl (C=O) groups is 2. The van der Waals surface area contributed by atoms with Crippen LogP contribution in [-0.4, -0.2) is 72.2 Å². The van der Waals surface area contributed by atoms with Crippen LogP contribution in [0, 0.1) is 12.8 Å². The molecule has 2 aromatic carbocycles.